The molecule has 176 valence electrons. The van der Waals surface area contributed by atoms with Crippen molar-refractivity contribution in [3.63, 3.8) is 0 Å². The van der Waals surface area contributed by atoms with Crippen LogP contribution >= 0.6 is 0 Å². The molecule has 35 heavy (non-hydrogen) atoms. The maximum absolute atomic E-state index is 13.0. The predicted octanol–water partition coefficient (Wildman–Crippen LogP) is 4.88. The van der Waals surface area contributed by atoms with E-state index in [9.17, 15) is 9.59 Å². The summed E-state index contributed by atoms with van der Waals surface area (Å²) >= 11 is 0. The number of hydrogen-bond acceptors (Lipinski definition) is 5. The lowest BCUT2D eigenvalue weighted by Gasteiger charge is -2.18. The van der Waals surface area contributed by atoms with Crippen molar-refractivity contribution in [1.29, 1.82) is 0 Å². The van der Waals surface area contributed by atoms with Crippen molar-refractivity contribution in [2.75, 3.05) is 6.61 Å². The lowest BCUT2D eigenvalue weighted by Crippen LogP contribution is -2.34. The Labute approximate surface area is 201 Å². The Kier molecular flexibility index (Phi) is 5.82. The Hall–Kier alpha value is -4.39. The molecule has 0 fully saturated rings. The third-order valence-electron chi connectivity index (χ3n) is 6.30. The monoisotopic (exact) mass is 467 g/mol. The van der Waals surface area contributed by atoms with Gasteiger partial charge in [-0.2, -0.15) is 0 Å². The fourth-order valence-corrected chi connectivity index (χ4v) is 4.19. The number of amides is 1. The van der Waals surface area contributed by atoms with Crippen molar-refractivity contribution in [3.05, 3.63) is 105 Å². The van der Waals surface area contributed by atoms with Gasteiger partial charge in [0.05, 0.1) is 11.0 Å². The highest BCUT2D eigenvalue weighted by Gasteiger charge is 2.21. The maximum Gasteiger partial charge on any atom is 0.339 e. The summed E-state index contributed by atoms with van der Waals surface area (Å²) in [5.74, 6) is 0.819. The third-order valence-corrected chi connectivity index (χ3v) is 6.30. The molecule has 0 aliphatic rings. The van der Waals surface area contributed by atoms with Crippen LogP contribution < -0.4 is 15.7 Å². The molecule has 5 rings (SSSR count). The average Bonchev–Trinajstić information content (AvgIpc) is 3.30. The predicted molar refractivity (Wildman–Crippen MR) is 135 cm³/mol. The van der Waals surface area contributed by atoms with E-state index in [0.29, 0.717) is 28.3 Å². The first-order chi connectivity index (χ1) is 16.9. The second-order valence-electron chi connectivity index (χ2n) is 8.54. The van der Waals surface area contributed by atoms with E-state index in [4.69, 9.17) is 9.15 Å². The van der Waals surface area contributed by atoms with Crippen LogP contribution in [0.15, 0.2) is 75.9 Å². The minimum absolute atomic E-state index is 0.203. The van der Waals surface area contributed by atoms with Gasteiger partial charge in [-0.25, -0.2) is 9.78 Å². The van der Waals surface area contributed by atoms with Crippen LogP contribution in [0.2, 0.25) is 0 Å². The molecule has 7 heteroatoms. The number of aromatic nitrogens is 2. The van der Waals surface area contributed by atoms with Crippen molar-refractivity contribution in [3.8, 4) is 5.75 Å². The molecular weight excluding hydrogens is 442 g/mol. The molecule has 0 spiro atoms. The quantitative estimate of drug-likeness (QED) is 0.347. The van der Waals surface area contributed by atoms with E-state index in [1.165, 1.54) is 0 Å². The normalized spacial score (nSPS) is 12.1. The van der Waals surface area contributed by atoms with Crippen molar-refractivity contribution in [1.82, 2.24) is 15.3 Å². The Morgan fingerprint density at radius 1 is 0.971 bits per heavy atom. The van der Waals surface area contributed by atoms with E-state index in [2.05, 4.69) is 15.3 Å². The molecule has 1 atom stereocenters. The number of nitrogens with one attached hydrogen (secondary N) is 2. The van der Waals surface area contributed by atoms with E-state index in [1.807, 2.05) is 74.5 Å². The van der Waals surface area contributed by atoms with Gasteiger partial charge in [-0.1, -0.05) is 42.5 Å². The zero-order valence-electron chi connectivity index (χ0n) is 19.7. The smallest absolute Gasteiger partial charge is 0.339 e. The number of fused-ring (bicyclic) bond motifs is 2. The van der Waals surface area contributed by atoms with E-state index >= 15 is 0 Å². The van der Waals surface area contributed by atoms with Gasteiger partial charge in [0.1, 0.15) is 23.2 Å². The largest absolute Gasteiger partial charge is 0.483 e. The van der Waals surface area contributed by atoms with Crippen LogP contribution in [-0.2, 0) is 4.79 Å². The summed E-state index contributed by atoms with van der Waals surface area (Å²) in [5, 5.41) is 3.88. The molecule has 0 bridgehead atoms. The summed E-state index contributed by atoms with van der Waals surface area (Å²) in [6.07, 6.45) is 0. The number of H-pyrrole nitrogens is 1. The number of para-hydroxylation sites is 2. The first-order valence-electron chi connectivity index (χ1n) is 11.4. The SMILES string of the molecule is Cc1c(C)c2ccc(OCC(=O)NC(c3ccccc3)c3nc4ccccc4[nH]3)c(C)c2oc1=O. The molecule has 1 amide bonds. The van der Waals surface area contributed by atoms with Crippen LogP contribution in [0.1, 0.15) is 34.1 Å². The van der Waals surface area contributed by atoms with E-state index in [0.717, 1.165) is 27.5 Å². The number of imidazole rings is 1. The van der Waals surface area contributed by atoms with E-state index < -0.39 is 6.04 Å². The molecule has 3 aromatic carbocycles. The number of hydrogen-bond donors (Lipinski definition) is 2. The fourth-order valence-electron chi connectivity index (χ4n) is 4.19. The molecule has 0 aliphatic heterocycles. The van der Waals surface area contributed by atoms with E-state index in [-0.39, 0.29) is 18.1 Å². The summed E-state index contributed by atoms with van der Waals surface area (Å²) in [5.41, 5.74) is 4.86. The number of aromatic amines is 1. The molecule has 0 saturated carbocycles. The number of ether oxygens (including phenoxy) is 1. The van der Waals surface area contributed by atoms with Gasteiger partial charge in [-0.15, -0.1) is 0 Å². The molecule has 0 aliphatic carbocycles. The number of benzene rings is 3. The summed E-state index contributed by atoms with van der Waals surface area (Å²) in [7, 11) is 0. The minimum Gasteiger partial charge on any atom is -0.483 e. The fraction of sp³-hybridized carbons (Fsp3) is 0.179. The Morgan fingerprint density at radius 3 is 2.49 bits per heavy atom. The Morgan fingerprint density at radius 2 is 1.71 bits per heavy atom. The van der Waals surface area contributed by atoms with Crippen LogP contribution in [0.5, 0.6) is 5.75 Å². The molecule has 2 heterocycles. The topological polar surface area (TPSA) is 97.2 Å². The summed E-state index contributed by atoms with van der Waals surface area (Å²) in [6.45, 7) is 5.25. The van der Waals surface area contributed by atoms with Crippen molar-refractivity contribution in [2.45, 2.75) is 26.8 Å². The van der Waals surface area contributed by atoms with Gasteiger partial charge >= 0.3 is 5.63 Å². The zero-order valence-corrected chi connectivity index (χ0v) is 19.7. The molecule has 0 saturated heterocycles. The Bertz CT molecular complexity index is 1570. The number of aryl methyl sites for hydroxylation is 2. The molecule has 2 N–H and O–H groups in total. The lowest BCUT2D eigenvalue weighted by molar-refractivity contribution is -0.123. The van der Waals surface area contributed by atoms with Gasteiger partial charge in [0, 0.05) is 16.5 Å². The minimum atomic E-state index is -0.471. The molecule has 0 radical (unpaired) electrons. The van der Waals surface area contributed by atoms with Crippen LogP contribution in [-0.4, -0.2) is 22.5 Å². The first kappa shape index (κ1) is 22.4. The van der Waals surface area contributed by atoms with Gasteiger partial charge in [-0.05, 0) is 56.2 Å². The highest BCUT2D eigenvalue weighted by atomic mass is 16.5. The highest BCUT2D eigenvalue weighted by Crippen LogP contribution is 2.29. The lowest BCUT2D eigenvalue weighted by atomic mass is 10.0. The Balaban J connectivity index is 1.39. The van der Waals surface area contributed by atoms with Crippen LogP contribution in [0.4, 0.5) is 0 Å². The first-order valence-corrected chi connectivity index (χ1v) is 11.4. The van der Waals surface area contributed by atoms with Crippen LogP contribution in [0, 0.1) is 20.8 Å². The van der Waals surface area contributed by atoms with Gasteiger partial charge < -0.3 is 19.5 Å². The average molecular weight is 468 g/mol. The molecule has 2 aromatic heterocycles. The molecule has 5 aromatic rings. The zero-order chi connectivity index (χ0) is 24.5. The molecular formula is C28H25N3O4. The number of nitrogens with zero attached hydrogens (tertiary/aromatic N) is 1. The van der Waals surface area contributed by atoms with Crippen LogP contribution in [0.25, 0.3) is 22.0 Å². The van der Waals surface area contributed by atoms with Crippen molar-refractivity contribution < 1.29 is 13.9 Å². The number of carbonyl (C=O) groups excluding carboxylic acids is 1. The number of rotatable bonds is 6. The summed E-state index contributed by atoms with van der Waals surface area (Å²) in [4.78, 5) is 33.1. The summed E-state index contributed by atoms with van der Waals surface area (Å²) < 4.78 is 11.4. The van der Waals surface area contributed by atoms with Crippen molar-refractivity contribution >= 4 is 27.9 Å². The van der Waals surface area contributed by atoms with Crippen LogP contribution in [0.3, 0.4) is 0 Å². The second-order valence-corrected chi connectivity index (χ2v) is 8.54. The summed E-state index contributed by atoms with van der Waals surface area (Å²) in [6, 6.07) is 20.6. The van der Waals surface area contributed by atoms with Crippen molar-refractivity contribution in [2.24, 2.45) is 0 Å². The van der Waals surface area contributed by atoms with E-state index in [1.54, 1.807) is 13.0 Å². The standard InChI is InChI=1S/C28H25N3O4/c1-16-17(2)28(33)35-26-18(3)23(14-13-20(16)26)34-15-24(32)31-25(19-9-5-4-6-10-19)27-29-21-11-7-8-12-22(21)30-27/h4-14,25H,15H2,1-3H3,(H,29,30)(H,31,32). The number of carbonyl (C=O) groups is 1. The maximum atomic E-state index is 13.0. The van der Waals surface area contributed by atoms with Gasteiger partial charge in [-0.3, -0.25) is 4.79 Å². The second kappa shape index (κ2) is 9.10. The van der Waals surface area contributed by atoms with Gasteiger partial charge in [0.25, 0.3) is 5.91 Å². The van der Waals surface area contributed by atoms with Gasteiger partial charge in [0.15, 0.2) is 6.61 Å². The molecule has 1 unspecified atom stereocenters. The molecule has 7 nitrogen and oxygen atoms in total. The van der Waals surface area contributed by atoms with Gasteiger partial charge in [0.2, 0.25) is 0 Å². The highest BCUT2D eigenvalue weighted by molar-refractivity contribution is 5.86. The third kappa shape index (κ3) is 4.28.